The summed E-state index contributed by atoms with van der Waals surface area (Å²) in [5.74, 6) is -0.601. The number of amidine groups is 1. The van der Waals surface area contributed by atoms with Crippen LogP contribution in [0.1, 0.15) is 12.0 Å². The van der Waals surface area contributed by atoms with E-state index in [0.29, 0.717) is 22.2 Å². The first kappa shape index (κ1) is 23.0. The first-order chi connectivity index (χ1) is 16.0. The first-order valence-electron chi connectivity index (χ1n) is 10.6. The molecule has 0 atom stereocenters. The Bertz CT molecular complexity index is 1080. The van der Waals surface area contributed by atoms with E-state index in [4.69, 9.17) is 4.74 Å². The quantitative estimate of drug-likeness (QED) is 0.375. The molecule has 1 amide bonds. The topological polar surface area (TPSA) is 109 Å². The van der Waals surface area contributed by atoms with E-state index in [9.17, 15) is 20.0 Å². The third kappa shape index (κ3) is 5.78. The Kier molecular flexibility index (Phi) is 7.38. The molecule has 2 aromatic rings. The van der Waals surface area contributed by atoms with Crippen molar-refractivity contribution in [2.45, 2.75) is 6.42 Å². The number of amides is 1. The molecule has 0 aliphatic carbocycles. The van der Waals surface area contributed by atoms with Crippen molar-refractivity contribution in [1.29, 1.82) is 0 Å². The number of para-hydroxylation sites is 1. The average molecular weight is 469 g/mol. The lowest BCUT2D eigenvalue weighted by atomic mass is 10.1. The summed E-state index contributed by atoms with van der Waals surface area (Å²) >= 11 is 1.24. The van der Waals surface area contributed by atoms with Gasteiger partial charge in [-0.25, -0.2) is 4.99 Å². The third-order valence-electron chi connectivity index (χ3n) is 5.32. The van der Waals surface area contributed by atoms with Gasteiger partial charge in [0, 0.05) is 32.2 Å². The van der Waals surface area contributed by atoms with Gasteiger partial charge in [0.25, 0.3) is 5.91 Å². The Morgan fingerprint density at radius 1 is 1.15 bits per heavy atom. The Balaban J connectivity index is 1.56. The van der Waals surface area contributed by atoms with E-state index in [1.54, 1.807) is 11.0 Å². The molecular formula is C23H24N4O5S. The van der Waals surface area contributed by atoms with E-state index in [2.05, 4.69) is 9.89 Å². The largest absolute Gasteiger partial charge is 0.502 e. The van der Waals surface area contributed by atoms with Gasteiger partial charge in [-0.3, -0.25) is 24.7 Å². The highest BCUT2D eigenvalue weighted by atomic mass is 32.2. The van der Waals surface area contributed by atoms with E-state index in [0.717, 1.165) is 45.0 Å². The lowest BCUT2D eigenvalue weighted by molar-refractivity contribution is -0.385. The monoisotopic (exact) mass is 468 g/mol. The van der Waals surface area contributed by atoms with E-state index in [1.807, 2.05) is 30.3 Å². The molecule has 2 heterocycles. The summed E-state index contributed by atoms with van der Waals surface area (Å²) in [4.78, 5) is 32.8. The number of aliphatic imine (C=N–C) groups is 1. The highest BCUT2D eigenvalue weighted by molar-refractivity contribution is 8.18. The molecule has 172 valence electrons. The van der Waals surface area contributed by atoms with Crippen LogP contribution in [0.5, 0.6) is 5.75 Å². The number of carbonyl (C=O) groups excluding carboxylic acids is 1. The Morgan fingerprint density at radius 2 is 1.91 bits per heavy atom. The smallest absolute Gasteiger partial charge is 0.311 e. The number of nitro groups is 1. The lowest BCUT2D eigenvalue weighted by Gasteiger charge is -2.27. The molecule has 2 fully saturated rings. The molecule has 4 rings (SSSR count). The van der Waals surface area contributed by atoms with Crippen LogP contribution in [0.2, 0.25) is 0 Å². The minimum Gasteiger partial charge on any atom is -0.502 e. The standard InChI is InChI=1S/C23H24N4O5S/c28-20-8-7-17(15-19(20)27(30)31)16-21-22(29)26(10-4-9-25-11-13-32-14-12-25)23(33-21)24-18-5-2-1-3-6-18/h1-3,5-8,15-16,28H,4,9-14H2/b21-16-,24-23?. The second-order valence-electron chi connectivity index (χ2n) is 7.61. The van der Waals surface area contributed by atoms with Crippen molar-refractivity contribution in [1.82, 2.24) is 9.80 Å². The van der Waals surface area contributed by atoms with Crippen molar-refractivity contribution in [3.05, 3.63) is 69.1 Å². The van der Waals surface area contributed by atoms with Gasteiger partial charge in [0.15, 0.2) is 10.9 Å². The second-order valence-corrected chi connectivity index (χ2v) is 8.62. The molecule has 2 aromatic carbocycles. The number of hydrogen-bond acceptors (Lipinski definition) is 8. The minimum absolute atomic E-state index is 0.188. The Morgan fingerprint density at radius 3 is 2.64 bits per heavy atom. The van der Waals surface area contributed by atoms with Gasteiger partial charge >= 0.3 is 5.69 Å². The average Bonchev–Trinajstić information content (AvgIpc) is 3.10. The molecule has 10 heteroatoms. The van der Waals surface area contributed by atoms with Crippen molar-refractivity contribution in [3.8, 4) is 5.75 Å². The summed E-state index contributed by atoms with van der Waals surface area (Å²) in [5.41, 5.74) is 0.803. The number of carbonyl (C=O) groups is 1. The van der Waals surface area contributed by atoms with Gasteiger partial charge < -0.3 is 9.84 Å². The van der Waals surface area contributed by atoms with E-state index < -0.39 is 16.4 Å². The Hall–Kier alpha value is -3.21. The zero-order chi connectivity index (χ0) is 23.2. The highest BCUT2D eigenvalue weighted by Crippen LogP contribution is 2.35. The summed E-state index contributed by atoms with van der Waals surface area (Å²) in [6, 6.07) is 13.5. The van der Waals surface area contributed by atoms with Crippen LogP contribution in [-0.2, 0) is 9.53 Å². The number of rotatable bonds is 7. The number of benzene rings is 2. The van der Waals surface area contributed by atoms with E-state index in [-0.39, 0.29) is 5.91 Å². The number of nitrogens with zero attached hydrogens (tertiary/aromatic N) is 4. The molecule has 2 aliphatic rings. The molecule has 0 unspecified atom stereocenters. The molecule has 33 heavy (non-hydrogen) atoms. The molecule has 0 radical (unpaired) electrons. The SMILES string of the molecule is O=C1/C(=C/c2ccc(O)c([N+](=O)[O-])c2)SC(=Nc2ccccc2)N1CCCN1CCOCC1. The van der Waals surface area contributed by atoms with Gasteiger partial charge in [-0.1, -0.05) is 24.3 Å². The van der Waals surface area contributed by atoms with Gasteiger partial charge in [0.2, 0.25) is 0 Å². The number of morpholine rings is 1. The molecule has 2 aliphatic heterocycles. The van der Waals surface area contributed by atoms with E-state index >= 15 is 0 Å². The number of aromatic hydroxyl groups is 1. The fourth-order valence-electron chi connectivity index (χ4n) is 3.61. The predicted molar refractivity (Wildman–Crippen MR) is 127 cm³/mol. The van der Waals surface area contributed by atoms with Crippen molar-refractivity contribution >= 4 is 40.3 Å². The molecular weight excluding hydrogens is 444 g/mol. The fraction of sp³-hybridized carbons (Fsp3) is 0.304. The predicted octanol–water partition coefficient (Wildman–Crippen LogP) is 3.63. The van der Waals surface area contributed by atoms with Crippen LogP contribution in [0.3, 0.4) is 0 Å². The summed E-state index contributed by atoms with van der Waals surface area (Å²) in [5, 5.41) is 21.4. The number of thioether (sulfide) groups is 1. The number of ether oxygens (including phenoxy) is 1. The number of phenols is 1. The molecule has 2 saturated heterocycles. The molecule has 9 nitrogen and oxygen atoms in total. The minimum atomic E-state index is -0.652. The van der Waals surface area contributed by atoms with Crippen molar-refractivity contribution in [2.75, 3.05) is 39.4 Å². The van der Waals surface area contributed by atoms with Gasteiger partial charge in [-0.05, 0) is 48.0 Å². The Labute approximate surface area is 195 Å². The van der Waals surface area contributed by atoms with Crippen LogP contribution in [0.25, 0.3) is 6.08 Å². The van der Waals surface area contributed by atoms with Crippen LogP contribution in [-0.4, -0.2) is 70.3 Å². The number of nitro benzene ring substituents is 1. The lowest BCUT2D eigenvalue weighted by Crippen LogP contribution is -2.38. The normalized spacial score (nSPS) is 19.5. The van der Waals surface area contributed by atoms with Gasteiger partial charge in [-0.15, -0.1) is 0 Å². The van der Waals surface area contributed by atoms with Crippen molar-refractivity contribution < 1.29 is 19.6 Å². The summed E-state index contributed by atoms with van der Waals surface area (Å²) in [6.45, 7) is 4.61. The maximum absolute atomic E-state index is 13.2. The highest BCUT2D eigenvalue weighted by Gasteiger charge is 2.33. The second kappa shape index (κ2) is 10.6. The van der Waals surface area contributed by atoms with Crippen LogP contribution in [0, 0.1) is 10.1 Å². The first-order valence-corrected chi connectivity index (χ1v) is 11.5. The van der Waals surface area contributed by atoms with Crippen LogP contribution < -0.4 is 0 Å². The maximum atomic E-state index is 13.2. The van der Waals surface area contributed by atoms with Crippen LogP contribution in [0.4, 0.5) is 11.4 Å². The summed E-state index contributed by atoms with van der Waals surface area (Å²) < 4.78 is 5.39. The number of hydrogen-bond donors (Lipinski definition) is 1. The zero-order valence-electron chi connectivity index (χ0n) is 17.9. The molecule has 0 aromatic heterocycles. The maximum Gasteiger partial charge on any atom is 0.311 e. The molecule has 0 bridgehead atoms. The fourth-order valence-corrected chi connectivity index (χ4v) is 4.63. The third-order valence-corrected chi connectivity index (χ3v) is 6.33. The van der Waals surface area contributed by atoms with Gasteiger partial charge in [0.05, 0.1) is 28.7 Å². The molecule has 0 saturated carbocycles. The zero-order valence-corrected chi connectivity index (χ0v) is 18.7. The van der Waals surface area contributed by atoms with Gasteiger partial charge in [-0.2, -0.15) is 0 Å². The molecule has 0 spiro atoms. The van der Waals surface area contributed by atoms with Crippen molar-refractivity contribution in [2.24, 2.45) is 4.99 Å². The molecule has 1 N–H and O–H groups in total. The van der Waals surface area contributed by atoms with E-state index in [1.165, 1.54) is 30.0 Å². The summed E-state index contributed by atoms with van der Waals surface area (Å²) in [6.07, 6.45) is 2.39. The van der Waals surface area contributed by atoms with Crippen LogP contribution in [0.15, 0.2) is 58.4 Å². The van der Waals surface area contributed by atoms with Crippen LogP contribution >= 0.6 is 11.8 Å². The number of phenolic OH excluding ortho intramolecular Hbond substituents is 1. The van der Waals surface area contributed by atoms with Gasteiger partial charge in [0.1, 0.15) is 0 Å². The summed E-state index contributed by atoms with van der Waals surface area (Å²) in [7, 11) is 0. The van der Waals surface area contributed by atoms with Crippen molar-refractivity contribution in [3.63, 3.8) is 0 Å².